The summed E-state index contributed by atoms with van der Waals surface area (Å²) in [7, 11) is 0. The molecule has 3 atom stereocenters. The maximum atomic E-state index is 15.3. The third kappa shape index (κ3) is 10.4. The van der Waals surface area contributed by atoms with Crippen molar-refractivity contribution in [3.05, 3.63) is 97.6 Å². The number of urea groups is 1. The summed E-state index contributed by atoms with van der Waals surface area (Å²) in [6, 6.07) is 9.42. The van der Waals surface area contributed by atoms with Crippen molar-refractivity contribution in [1.29, 1.82) is 0 Å². The fourth-order valence-electron chi connectivity index (χ4n) is 8.65. The third-order valence-electron chi connectivity index (χ3n) is 12.0. The first kappa shape index (κ1) is 48.5. The molecular weight excluding hydrogens is 886 g/mol. The molecule has 2 aliphatic heterocycles. The Morgan fingerprint density at radius 1 is 0.926 bits per heavy atom. The van der Waals surface area contributed by atoms with Crippen molar-refractivity contribution in [3.63, 3.8) is 0 Å². The number of carbonyl (C=O) groups is 7. The Balaban J connectivity index is 0.946. The number of aryl methyl sites for hydroxylation is 1. The Kier molecular flexibility index (Phi) is 14.1. The second-order valence-corrected chi connectivity index (χ2v) is 17.8. The summed E-state index contributed by atoms with van der Waals surface area (Å²) < 4.78 is 27.1. The minimum Gasteiger partial charge on any atom is -0.458 e. The Hall–Kier alpha value is -7.42. The molecule has 4 heterocycles. The van der Waals surface area contributed by atoms with Crippen LogP contribution < -0.4 is 42.8 Å². The number of rotatable bonds is 15. The highest BCUT2D eigenvalue weighted by Gasteiger charge is 2.46. The number of pyridine rings is 2. The predicted octanol–water partition coefficient (Wildman–Crippen LogP) is 1.41. The van der Waals surface area contributed by atoms with Crippen LogP contribution in [0.3, 0.4) is 0 Å². The van der Waals surface area contributed by atoms with Gasteiger partial charge in [-0.2, -0.15) is 0 Å². The summed E-state index contributed by atoms with van der Waals surface area (Å²) in [5.74, 6) is -3.93. The lowest BCUT2D eigenvalue weighted by Crippen LogP contribution is -2.52. The largest absolute Gasteiger partial charge is 0.458 e. The highest BCUT2D eigenvalue weighted by molar-refractivity contribution is 5.95. The number of esters is 1. The maximum absolute atomic E-state index is 15.3. The van der Waals surface area contributed by atoms with Gasteiger partial charge in [-0.15, -0.1) is 0 Å². The van der Waals surface area contributed by atoms with Gasteiger partial charge in [0.15, 0.2) is 5.60 Å². The van der Waals surface area contributed by atoms with E-state index >= 15 is 4.39 Å². The summed E-state index contributed by atoms with van der Waals surface area (Å²) >= 11 is 0. The highest BCUT2D eigenvalue weighted by atomic mass is 19.1. The first-order chi connectivity index (χ1) is 32.3. The van der Waals surface area contributed by atoms with E-state index in [1.54, 1.807) is 71.0 Å². The van der Waals surface area contributed by atoms with Gasteiger partial charge in [0.2, 0.25) is 23.6 Å². The molecular formula is C47H54FN9O11. The van der Waals surface area contributed by atoms with Gasteiger partial charge in [0.1, 0.15) is 30.6 Å². The van der Waals surface area contributed by atoms with Gasteiger partial charge >= 0.3 is 18.1 Å². The molecule has 0 fully saturated rings. The molecule has 0 spiro atoms. The number of aliphatic hydroxyl groups is 1. The number of cyclic esters (lactones) is 1. The Morgan fingerprint density at radius 3 is 2.34 bits per heavy atom. The van der Waals surface area contributed by atoms with E-state index < -0.39 is 96.0 Å². The van der Waals surface area contributed by atoms with E-state index in [9.17, 15) is 43.5 Å². The number of benzene rings is 2. The summed E-state index contributed by atoms with van der Waals surface area (Å²) in [6.07, 6.45) is 0.0330. The van der Waals surface area contributed by atoms with Crippen LogP contribution >= 0.6 is 0 Å². The van der Waals surface area contributed by atoms with Crippen LogP contribution in [0.15, 0.2) is 47.3 Å². The second kappa shape index (κ2) is 19.8. The van der Waals surface area contributed by atoms with Crippen LogP contribution in [0.5, 0.6) is 0 Å². The molecule has 21 heteroatoms. The second-order valence-electron chi connectivity index (χ2n) is 17.8. The SMILES string of the molecule is CC[C@@]1(O)C(=O)OCc2c1cc1n(c2=O)Cc2c-1nc1cc(F)c(C)c3c1c2[C@@H](NC(=O)NCCNC(=O)CNC(=O)[C@H](Cc1ccccc1)NC(=O)CNC(=O)CNC(=O)OC(C)(C)C)CC3. The summed E-state index contributed by atoms with van der Waals surface area (Å²) in [5, 5.41) is 30.1. The summed E-state index contributed by atoms with van der Waals surface area (Å²) in [5.41, 5.74) is 1.27. The van der Waals surface area contributed by atoms with Crippen LogP contribution in [0, 0.1) is 12.7 Å². The number of amides is 7. The number of hydrogen-bond acceptors (Lipinski definition) is 12. The molecule has 2 aromatic heterocycles. The van der Waals surface area contributed by atoms with Crippen molar-refractivity contribution in [1.82, 2.24) is 46.8 Å². The minimum absolute atomic E-state index is 0.0117. The first-order valence-corrected chi connectivity index (χ1v) is 22.2. The van der Waals surface area contributed by atoms with Gasteiger partial charge < -0.3 is 56.4 Å². The standard InChI is InChI=1S/C47H54FN9O11/c1-6-47(66)29-17-34-40-27(22-57(34)42(62)28(29)23-67-43(47)63)39-31(13-12-26-24(2)30(48)18-32(55-40)38(26)39)56-44(64)50-15-14-49-35(58)19-52-41(61)33(16-25-10-8-7-9-11-25)54-37(60)21-51-36(59)20-53-45(65)68-46(3,4)5/h7-11,17-18,31,33,66H,6,12-16,19-23H2,1-5H3,(H,49,58)(H,51,59)(H,52,61)(H,53,65)(H,54,60)(H2,50,56,64)/t31-,33-,47-/m0/s1. The number of nitrogens with one attached hydrogen (secondary N) is 7. The topological polar surface area (TPSA) is 277 Å². The summed E-state index contributed by atoms with van der Waals surface area (Å²) in [6.45, 7) is 6.61. The van der Waals surface area contributed by atoms with E-state index in [0.717, 1.165) is 5.56 Å². The van der Waals surface area contributed by atoms with Crippen molar-refractivity contribution in [2.75, 3.05) is 32.7 Å². The zero-order chi connectivity index (χ0) is 49.1. The molecule has 1 aliphatic carbocycles. The molecule has 68 heavy (non-hydrogen) atoms. The van der Waals surface area contributed by atoms with E-state index in [1.807, 2.05) is 0 Å². The van der Waals surface area contributed by atoms with Crippen molar-refractivity contribution >= 4 is 52.6 Å². The van der Waals surface area contributed by atoms with Crippen LogP contribution in [-0.2, 0) is 65.0 Å². The van der Waals surface area contributed by atoms with E-state index in [1.165, 1.54) is 10.6 Å². The van der Waals surface area contributed by atoms with Gasteiger partial charge in [0.05, 0.1) is 48.1 Å². The minimum atomic E-state index is -2.04. The lowest BCUT2D eigenvalue weighted by atomic mass is 9.81. The highest BCUT2D eigenvalue weighted by Crippen LogP contribution is 2.46. The molecule has 8 N–H and O–H groups in total. The zero-order valence-electron chi connectivity index (χ0n) is 38.3. The normalized spacial score (nSPS) is 17.0. The van der Waals surface area contributed by atoms with Crippen molar-refractivity contribution < 1.29 is 52.5 Å². The van der Waals surface area contributed by atoms with Crippen molar-refractivity contribution in [3.8, 4) is 11.4 Å². The molecule has 0 bridgehead atoms. The van der Waals surface area contributed by atoms with Gasteiger partial charge in [-0.25, -0.2) is 23.8 Å². The average molecular weight is 940 g/mol. The molecule has 0 radical (unpaired) electrons. The van der Waals surface area contributed by atoms with Crippen molar-refractivity contribution in [2.24, 2.45) is 0 Å². The molecule has 0 saturated heterocycles. The monoisotopic (exact) mass is 939 g/mol. The lowest BCUT2D eigenvalue weighted by molar-refractivity contribution is -0.172. The van der Waals surface area contributed by atoms with Crippen molar-refractivity contribution in [2.45, 2.75) is 96.7 Å². The lowest BCUT2D eigenvalue weighted by Gasteiger charge is -2.31. The quantitative estimate of drug-likeness (QED) is 0.0547. The van der Waals surface area contributed by atoms with Crippen LogP contribution in [0.25, 0.3) is 22.3 Å². The fourth-order valence-corrected chi connectivity index (χ4v) is 8.65. The maximum Gasteiger partial charge on any atom is 0.408 e. The Bertz CT molecular complexity index is 2770. The molecule has 0 unspecified atom stereocenters. The van der Waals surface area contributed by atoms with Gasteiger partial charge in [-0.3, -0.25) is 24.0 Å². The van der Waals surface area contributed by atoms with E-state index in [0.29, 0.717) is 57.4 Å². The number of nitrogens with zero attached hydrogens (tertiary/aromatic N) is 2. The van der Waals surface area contributed by atoms with Gasteiger partial charge in [0.25, 0.3) is 5.56 Å². The summed E-state index contributed by atoms with van der Waals surface area (Å²) in [4.78, 5) is 108. The fraction of sp³-hybridized carbons (Fsp3) is 0.426. The molecule has 3 aliphatic rings. The number of aromatic nitrogens is 2. The number of alkyl carbamates (subject to hydrolysis) is 1. The third-order valence-corrected chi connectivity index (χ3v) is 12.0. The predicted molar refractivity (Wildman–Crippen MR) is 242 cm³/mol. The van der Waals surface area contributed by atoms with Gasteiger partial charge in [0, 0.05) is 42.1 Å². The molecule has 7 rings (SSSR count). The molecule has 4 aromatic rings. The number of carbonyl (C=O) groups excluding carboxylic acids is 7. The molecule has 360 valence electrons. The number of ether oxygens (including phenoxy) is 2. The first-order valence-electron chi connectivity index (χ1n) is 22.2. The van der Waals surface area contributed by atoms with Gasteiger partial charge in [-0.05, 0) is 75.3 Å². The number of hydrogen-bond donors (Lipinski definition) is 8. The Labute approximate surface area is 389 Å². The van der Waals surface area contributed by atoms with Crippen LogP contribution in [0.1, 0.15) is 85.5 Å². The molecule has 2 aromatic carbocycles. The molecule has 0 saturated carbocycles. The number of halogens is 1. The molecule has 20 nitrogen and oxygen atoms in total. The van der Waals surface area contributed by atoms with Crippen LogP contribution in [0.2, 0.25) is 0 Å². The smallest absolute Gasteiger partial charge is 0.408 e. The number of fused-ring (bicyclic) bond motifs is 5. The Morgan fingerprint density at radius 2 is 1.62 bits per heavy atom. The average Bonchev–Trinajstić information content (AvgIpc) is 3.67. The van der Waals surface area contributed by atoms with Crippen LogP contribution in [-0.4, -0.2) is 101 Å². The van der Waals surface area contributed by atoms with E-state index in [4.69, 9.17) is 14.5 Å². The van der Waals surface area contributed by atoms with Gasteiger partial charge in [-0.1, -0.05) is 37.3 Å². The van der Waals surface area contributed by atoms with E-state index in [-0.39, 0.29) is 50.2 Å². The van der Waals surface area contributed by atoms with E-state index in [2.05, 4.69) is 37.2 Å². The zero-order valence-corrected chi connectivity index (χ0v) is 38.3. The van der Waals surface area contributed by atoms with Crippen LogP contribution in [0.4, 0.5) is 14.0 Å². The molecule has 7 amide bonds.